The minimum Gasteiger partial charge on any atom is -0.497 e. The Bertz CT molecular complexity index is 878. The molecule has 4 nitrogen and oxygen atoms in total. The fourth-order valence-electron chi connectivity index (χ4n) is 4.10. The quantitative estimate of drug-likeness (QED) is 0.466. The van der Waals surface area contributed by atoms with Crippen molar-refractivity contribution < 1.29 is 9.47 Å². The SMILES string of the molecule is COc1cc(OC)cc(C(C#N)(CCCN(C)CCc2ccc(C)c(C)c2)C(C)C)c1. The Morgan fingerprint density at radius 2 is 1.61 bits per heavy atom. The molecule has 0 amide bonds. The van der Waals surface area contributed by atoms with E-state index in [4.69, 9.17) is 9.47 Å². The molecule has 0 bridgehead atoms. The maximum absolute atomic E-state index is 10.2. The van der Waals surface area contributed by atoms with Gasteiger partial charge in [0.25, 0.3) is 0 Å². The number of hydrogen-bond acceptors (Lipinski definition) is 4. The maximum atomic E-state index is 10.2. The Hall–Kier alpha value is -2.51. The van der Waals surface area contributed by atoms with E-state index in [1.807, 2.05) is 18.2 Å². The molecule has 0 spiro atoms. The van der Waals surface area contributed by atoms with Gasteiger partial charge >= 0.3 is 0 Å². The standard InChI is InChI=1S/C27H38N2O2/c1-20(2)27(19-28,24-16-25(30-6)18-26(17-24)31-7)12-8-13-29(5)14-11-23-10-9-21(3)22(4)15-23/h9-10,15-18,20H,8,11-14H2,1-7H3. The third-order valence-corrected chi connectivity index (χ3v) is 6.52. The van der Waals surface area contributed by atoms with Crippen LogP contribution in [0.15, 0.2) is 36.4 Å². The van der Waals surface area contributed by atoms with Crippen molar-refractivity contribution in [3.05, 3.63) is 58.7 Å². The van der Waals surface area contributed by atoms with Gasteiger partial charge in [0.15, 0.2) is 0 Å². The Kier molecular flexibility index (Phi) is 8.95. The van der Waals surface area contributed by atoms with Gasteiger partial charge in [0, 0.05) is 12.6 Å². The van der Waals surface area contributed by atoms with Crippen LogP contribution in [-0.4, -0.2) is 39.3 Å². The van der Waals surface area contributed by atoms with Gasteiger partial charge < -0.3 is 14.4 Å². The fraction of sp³-hybridized carbons (Fsp3) is 0.519. The molecule has 0 aromatic heterocycles. The van der Waals surface area contributed by atoms with Crippen molar-refractivity contribution >= 4 is 0 Å². The molecule has 4 heteroatoms. The summed E-state index contributed by atoms with van der Waals surface area (Å²) in [6.45, 7) is 10.5. The van der Waals surface area contributed by atoms with Crippen molar-refractivity contribution in [3.8, 4) is 17.6 Å². The van der Waals surface area contributed by atoms with Gasteiger partial charge in [0.1, 0.15) is 11.5 Å². The smallest absolute Gasteiger partial charge is 0.122 e. The van der Waals surface area contributed by atoms with Crippen LogP contribution in [0.25, 0.3) is 0 Å². The topological polar surface area (TPSA) is 45.5 Å². The van der Waals surface area contributed by atoms with Gasteiger partial charge in [0.2, 0.25) is 0 Å². The predicted molar refractivity (Wildman–Crippen MR) is 128 cm³/mol. The first-order valence-corrected chi connectivity index (χ1v) is 11.1. The molecule has 31 heavy (non-hydrogen) atoms. The summed E-state index contributed by atoms with van der Waals surface area (Å²) in [5.74, 6) is 1.62. The molecule has 0 saturated carbocycles. The van der Waals surface area contributed by atoms with Crippen LogP contribution in [0.5, 0.6) is 11.5 Å². The van der Waals surface area contributed by atoms with Crippen molar-refractivity contribution in [2.75, 3.05) is 34.4 Å². The van der Waals surface area contributed by atoms with E-state index in [1.54, 1.807) is 14.2 Å². The van der Waals surface area contributed by atoms with Gasteiger partial charge in [-0.3, -0.25) is 0 Å². The number of rotatable bonds is 11. The zero-order chi connectivity index (χ0) is 23.0. The largest absolute Gasteiger partial charge is 0.497 e. The third-order valence-electron chi connectivity index (χ3n) is 6.52. The number of nitriles is 1. The number of benzene rings is 2. The van der Waals surface area contributed by atoms with E-state index in [-0.39, 0.29) is 5.92 Å². The molecule has 1 atom stereocenters. The third kappa shape index (κ3) is 6.24. The Balaban J connectivity index is 2.05. The van der Waals surface area contributed by atoms with Crippen LogP contribution < -0.4 is 9.47 Å². The molecule has 1 unspecified atom stereocenters. The first kappa shape index (κ1) is 24.8. The lowest BCUT2D eigenvalue weighted by Crippen LogP contribution is -2.32. The van der Waals surface area contributed by atoms with Crippen molar-refractivity contribution in [1.29, 1.82) is 5.26 Å². The highest BCUT2D eigenvalue weighted by Crippen LogP contribution is 2.40. The van der Waals surface area contributed by atoms with Gasteiger partial charge in [-0.2, -0.15) is 5.26 Å². The van der Waals surface area contributed by atoms with Crippen molar-refractivity contribution in [1.82, 2.24) is 4.90 Å². The molecule has 2 rings (SSSR count). The number of nitrogens with zero attached hydrogens (tertiary/aromatic N) is 2. The van der Waals surface area contributed by atoms with E-state index >= 15 is 0 Å². The second-order valence-electron chi connectivity index (χ2n) is 8.91. The second-order valence-corrected chi connectivity index (χ2v) is 8.91. The number of aryl methyl sites for hydroxylation is 2. The summed E-state index contributed by atoms with van der Waals surface area (Å²) in [5, 5.41) is 10.2. The van der Waals surface area contributed by atoms with Crippen LogP contribution in [-0.2, 0) is 11.8 Å². The lowest BCUT2D eigenvalue weighted by molar-refractivity contribution is 0.292. The Morgan fingerprint density at radius 1 is 0.968 bits per heavy atom. The highest BCUT2D eigenvalue weighted by atomic mass is 16.5. The molecule has 0 aliphatic rings. The highest BCUT2D eigenvalue weighted by Gasteiger charge is 2.36. The van der Waals surface area contributed by atoms with E-state index in [9.17, 15) is 5.26 Å². The molecular formula is C27H38N2O2. The molecule has 0 heterocycles. The monoisotopic (exact) mass is 422 g/mol. The summed E-state index contributed by atoms with van der Waals surface area (Å²) in [6.07, 6.45) is 2.79. The molecule has 0 aliphatic carbocycles. The highest BCUT2D eigenvalue weighted by molar-refractivity contribution is 5.45. The van der Waals surface area contributed by atoms with Crippen LogP contribution in [0.4, 0.5) is 0 Å². The molecule has 0 radical (unpaired) electrons. The van der Waals surface area contributed by atoms with Crippen molar-refractivity contribution in [3.63, 3.8) is 0 Å². The van der Waals surface area contributed by atoms with E-state index < -0.39 is 5.41 Å². The maximum Gasteiger partial charge on any atom is 0.122 e. The fourth-order valence-corrected chi connectivity index (χ4v) is 4.10. The molecule has 0 fully saturated rings. The van der Waals surface area contributed by atoms with Crippen LogP contribution in [0, 0.1) is 31.1 Å². The molecule has 0 N–H and O–H groups in total. The van der Waals surface area contributed by atoms with Crippen molar-refractivity contribution in [2.45, 2.75) is 52.4 Å². The number of ether oxygens (including phenoxy) is 2. The van der Waals surface area contributed by atoms with Crippen LogP contribution in [0.1, 0.15) is 48.9 Å². The van der Waals surface area contributed by atoms with Gasteiger partial charge in [-0.1, -0.05) is 32.0 Å². The van der Waals surface area contributed by atoms with Crippen LogP contribution >= 0.6 is 0 Å². The predicted octanol–water partition coefficient (Wildman–Crippen LogP) is 5.69. The molecule has 2 aromatic carbocycles. The van der Waals surface area contributed by atoms with E-state index in [2.05, 4.69) is 63.9 Å². The molecular weight excluding hydrogens is 384 g/mol. The summed E-state index contributed by atoms with van der Waals surface area (Å²) >= 11 is 0. The molecule has 168 valence electrons. The van der Waals surface area contributed by atoms with E-state index in [0.29, 0.717) is 0 Å². The Labute approximate surface area is 188 Å². The van der Waals surface area contributed by atoms with Gasteiger partial charge in [0.05, 0.1) is 25.7 Å². The molecule has 2 aromatic rings. The summed E-state index contributed by atoms with van der Waals surface area (Å²) in [7, 11) is 5.46. The van der Waals surface area contributed by atoms with Crippen LogP contribution in [0.2, 0.25) is 0 Å². The number of likely N-dealkylation sites (N-methyl/N-ethyl adjacent to an activating group) is 1. The van der Waals surface area contributed by atoms with E-state index in [1.165, 1.54) is 16.7 Å². The lowest BCUT2D eigenvalue weighted by atomic mass is 9.69. The van der Waals surface area contributed by atoms with E-state index in [0.717, 1.165) is 49.4 Å². The summed E-state index contributed by atoms with van der Waals surface area (Å²) < 4.78 is 10.9. The summed E-state index contributed by atoms with van der Waals surface area (Å²) in [6, 6.07) is 15.2. The Morgan fingerprint density at radius 3 is 2.13 bits per heavy atom. The zero-order valence-electron chi connectivity index (χ0n) is 20.3. The van der Waals surface area contributed by atoms with Gasteiger partial charge in [-0.05, 0) is 87.0 Å². The summed E-state index contributed by atoms with van der Waals surface area (Å²) in [5.41, 5.74) is 4.47. The van der Waals surface area contributed by atoms with Gasteiger partial charge in [-0.25, -0.2) is 0 Å². The molecule has 0 aliphatic heterocycles. The van der Waals surface area contributed by atoms with Crippen LogP contribution in [0.3, 0.4) is 0 Å². The second kappa shape index (κ2) is 11.2. The van der Waals surface area contributed by atoms with Gasteiger partial charge in [-0.15, -0.1) is 0 Å². The first-order valence-electron chi connectivity index (χ1n) is 11.1. The summed E-state index contributed by atoms with van der Waals surface area (Å²) in [4.78, 5) is 2.36. The zero-order valence-corrected chi connectivity index (χ0v) is 20.3. The normalized spacial score (nSPS) is 13.2. The van der Waals surface area contributed by atoms with Crippen molar-refractivity contribution in [2.24, 2.45) is 5.92 Å². The average molecular weight is 423 g/mol. The number of methoxy groups -OCH3 is 2. The minimum atomic E-state index is -0.573. The average Bonchev–Trinajstić information content (AvgIpc) is 2.77. The molecule has 0 saturated heterocycles. The number of hydrogen-bond donors (Lipinski definition) is 0. The lowest BCUT2D eigenvalue weighted by Gasteiger charge is -2.32. The minimum absolute atomic E-state index is 0.176. The first-order chi connectivity index (χ1) is 14.7.